The van der Waals surface area contributed by atoms with Crippen LogP contribution in [0.4, 0.5) is 5.95 Å². The van der Waals surface area contributed by atoms with E-state index in [2.05, 4.69) is 34.1 Å². The molecule has 21 heavy (non-hydrogen) atoms. The molecule has 1 saturated carbocycles. The van der Waals surface area contributed by atoms with Crippen molar-refractivity contribution in [1.82, 2.24) is 15.0 Å². The summed E-state index contributed by atoms with van der Waals surface area (Å²) in [6, 6.07) is 0.675. The molecule has 1 aliphatic carbocycles. The minimum Gasteiger partial charge on any atom is -0.461 e. The van der Waals surface area contributed by atoms with Crippen LogP contribution in [0.2, 0.25) is 5.28 Å². The molecule has 0 aromatic carbocycles. The van der Waals surface area contributed by atoms with Gasteiger partial charge in [-0.1, -0.05) is 26.7 Å². The number of hydrogen-bond acceptors (Lipinski definition) is 5. The smallest absolute Gasteiger partial charge is 0.322 e. The average Bonchev–Trinajstić information content (AvgIpc) is 2.37. The van der Waals surface area contributed by atoms with Crippen LogP contribution in [0.25, 0.3) is 0 Å². The quantitative estimate of drug-likeness (QED) is 0.892. The SMILES string of the molecule is CC(C)Oc1nc(Cl)nc(NC2CCCCC2C(C)C)n1. The molecule has 0 amide bonds. The molecule has 0 saturated heterocycles. The molecule has 2 atom stereocenters. The van der Waals surface area contributed by atoms with E-state index in [-0.39, 0.29) is 17.4 Å². The van der Waals surface area contributed by atoms with Crippen molar-refractivity contribution in [1.29, 1.82) is 0 Å². The topological polar surface area (TPSA) is 59.9 Å². The van der Waals surface area contributed by atoms with Gasteiger partial charge in [0.15, 0.2) is 0 Å². The third kappa shape index (κ3) is 4.70. The second kappa shape index (κ2) is 7.25. The van der Waals surface area contributed by atoms with E-state index in [9.17, 15) is 0 Å². The number of halogens is 1. The molecule has 5 nitrogen and oxygen atoms in total. The van der Waals surface area contributed by atoms with Crippen molar-refractivity contribution in [2.75, 3.05) is 5.32 Å². The van der Waals surface area contributed by atoms with Gasteiger partial charge in [0, 0.05) is 6.04 Å². The third-order valence-corrected chi connectivity index (χ3v) is 4.09. The van der Waals surface area contributed by atoms with Crippen LogP contribution >= 0.6 is 11.6 Å². The minimum atomic E-state index is 0.00871. The second-order valence-corrected chi connectivity index (χ2v) is 6.66. The lowest BCUT2D eigenvalue weighted by atomic mass is 9.78. The standard InChI is InChI=1S/C15H25ClN4O/c1-9(2)11-7-5-6-8-12(11)17-14-18-13(16)19-15(20-14)21-10(3)4/h9-12H,5-8H2,1-4H3,(H,17,18,19,20). The molecule has 0 radical (unpaired) electrons. The van der Waals surface area contributed by atoms with Gasteiger partial charge >= 0.3 is 6.01 Å². The van der Waals surface area contributed by atoms with Crippen molar-refractivity contribution in [2.24, 2.45) is 11.8 Å². The summed E-state index contributed by atoms with van der Waals surface area (Å²) in [7, 11) is 0. The largest absolute Gasteiger partial charge is 0.461 e. The maximum absolute atomic E-state index is 5.97. The maximum Gasteiger partial charge on any atom is 0.322 e. The van der Waals surface area contributed by atoms with Crippen LogP contribution < -0.4 is 10.1 Å². The van der Waals surface area contributed by atoms with Gasteiger partial charge in [0.2, 0.25) is 11.2 Å². The molecular formula is C15H25ClN4O. The van der Waals surface area contributed by atoms with Crippen LogP contribution in [-0.2, 0) is 0 Å². The summed E-state index contributed by atoms with van der Waals surface area (Å²) >= 11 is 5.97. The summed E-state index contributed by atoms with van der Waals surface area (Å²) in [6.07, 6.45) is 4.96. The van der Waals surface area contributed by atoms with E-state index in [0.29, 0.717) is 23.8 Å². The van der Waals surface area contributed by atoms with Crippen molar-refractivity contribution in [3.8, 4) is 6.01 Å². The normalized spacial score (nSPS) is 22.6. The van der Waals surface area contributed by atoms with Gasteiger partial charge in [0.1, 0.15) is 0 Å². The van der Waals surface area contributed by atoms with Crippen LogP contribution in [0.5, 0.6) is 6.01 Å². The van der Waals surface area contributed by atoms with Gasteiger partial charge in [-0.15, -0.1) is 0 Å². The number of hydrogen-bond donors (Lipinski definition) is 1. The number of anilines is 1. The van der Waals surface area contributed by atoms with Crippen LogP contribution in [0.15, 0.2) is 0 Å². The lowest BCUT2D eigenvalue weighted by molar-refractivity contribution is 0.221. The van der Waals surface area contributed by atoms with Gasteiger partial charge in [-0.2, -0.15) is 15.0 Å². The van der Waals surface area contributed by atoms with E-state index >= 15 is 0 Å². The van der Waals surface area contributed by atoms with E-state index < -0.39 is 0 Å². The number of aromatic nitrogens is 3. The van der Waals surface area contributed by atoms with E-state index in [4.69, 9.17) is 16.3 Å². The monoisotopic (exact) mass is 312 g/mol. The number of rotatable bonds is 5. The molecule has 1 aromatic heterocycles. The van der Waals surface area contributed by atoms with Gasteiger partial charge in [-0.05, 0) is 50.1 Å². The van der Waals surface area contributed by atoms with Crippen molar-refractivity contribution in [3.05, 3.63) is 5.28 Å². The predicted octanol–water partition coefficient (Wildman–Crippen LogP) is 3.94. The molecule has 6 heteroatoms. The summed E-state index contributed by atoms with van der Waals surface area (Å²) in [6.45, 7) is 8.41. The lowest BCUT2D eigenvalue weighted by Crippen LogP contribution is -2.35. The number of ether oxygens (including phenoxy) is 1. The van der Waals surface area contributed by atoms with Gasteiger partial charge in [0.25, 0.3) is 0 Å². The van der Waals surface area contributed by atoms with Gasteiger partial charge in [0.05, 0.1) is 6.10 Å². The zero-order valence-electron chi connectivity index (χ0n) is 13.3. The Labute approximate surface area is 131 Å². The first-order chi connectivity index (χ1) is 9.95. The Kier molecular flexibility index (Phi) is 5.62. The summed E-state index contributed by atoms with van der Waals surface area (Å²) < 4.78 is 5.51. The van der Waals surface area contributed by atoms with Crippen molar-refractivity contribution in [2.45, 2.75) is 65.5 Å². The van der Waals surface area contributed by atoms with E-state index in [1.165, 1.54) is 19.3 Å². The van der Waals surface area contributed by atoms with Gasteiger partial charge in [-0.3, -0.25) is 0 Å². The fourth-order valence-corrected chi connectivity index (χ4v) is 3.11. The summed E-state index contributed by atoms with van der Waals surface area (Å²) in [5, 5.41) is 3.61. The second-order valence-electron chi connectivity index (χ2n) is 6.32. The Bertz CT molecular complexity index is 467. The molecule has 1 fully saturated rings. The highest BCUT2D eigenvalue weighted by Crippen LogP contribution is 2.32. The van der Waals surface area contributed by atoms with Crippen LogP contribution in [-0.4, -0.2) is 27.1 Å². The lowest BCUT2D eigenvalue weighted by Gasteiger charge is -2.34. The molecule has 1 aromatic rings. The predicted molar refractivity (Wildman–Crippen MR) is 84.8 cm³/mol. The molecule has 0 spiro atoms. The first-order valence-electron chi connectivity index (χ1n) is 7.80. The Hall–Kier alpha value is -1.10. The highest BCUT2D eigenvalue weighted by molar-refractivity contribution is 6.28. The Morgan fingerprint density at radius 2 is 1.81 bits per heavy atom. The molecular weight excluding hydrogens is 288 g/mol. The molecule has 1 heterocycles. The Balaban J connectivity index is 2.12. The Morgan fingerprint density at radius 3 is 2.48 bits per heavy atom. The fourth-order valence-electron chi connectivity index (χ4n) is 2.96. The molecule has 2 unspecified atom stereocenters. The van der Waals surface area contributed by atoms with E-state index in [1.54, 1.807) is 0 Å². The zero-order chi connectivity index (χ0) is 15.4. The molecule has 0 bridgehead atoms. The summed E-state index contributed by atoms with van der Waals surface area (Å²) in [5.74, 6) is 1.80. The summed E-state index contributed by atoms with van der Waals surface area (Å²) in [5.41, 5.74) is 0. The van der Waals surface area contributed by atoms with Crippen molar-refractivity contribution >= 4 is 17.5 Å². The van der Waals surface area contributed by atoms with Crippen LogP contribution in [0, 0.1) is 11.8 Å². The third-order valence-electron chi connectivity index (χ3n) is 3.92. The highest BCUT2D eigenvalue weighted by Gasteiger charge is 2.28. The van der Waals surface area contributed by atoms with E-state index in [1.807, 2.05) is 13.8 Å². The molecule has 118 valence electrons. The van der Waals surface area contributed by atoms with E-state index in [0.717, 1.165) is 6.42 Å². The number of nitrogens with one attached hydrogen (secondary N) is 1. The summed E-state index contributed by atoms with van der Waals surface area (Å²) in [4.78, 5) is 12.5. The first kappa shape index (κ1) is 16.3. The molecule has 0 aliphatic heterocycles. The maximum atomic E-state index is 5.97. The minimum absolute atomic E-state index is 0.00871. The van der Waals surface area contributed by atoms with Crippen LogP contribution in [0.1, 0.15) is 53.4 Å². The Morgan fingerprint density at radius 1 is 1.10 bits per heavy atom. The molecule has 1 aliphatic rings. The fraction of sp³-hybridized carbons (Fsp3) is 0.800. The van der Waals surface area contributed by atoms with Crippen molar-refractivity contribution in [3.63, 3.8) is 0 Å². The average molecular weight is 313 g/mol. The van der Waals surface area contributed by atoms with Gasteiger partial charge in [-0.25, -0.2) is 0 Å². The van der Waals surface area contributed by atoms with Crippen LogP contribution in [0.3, 0.4) is 0 Å². The zero-order valence-corrected chi connectivity index (χ0v) is 14.0. The van der Waals surface area contributed by atoms with Crippen molar-refractivity contribution < 1.29 is 4.74 Å². The molecule has 2 rings (SSSR count). The first-order valence-corrected chi connectivity index (χ1v) is 8.18. The number of nitrogens with zero attached hydrogens (tertiary/aromatic N) is 3. The molecule has 1 N–H and O–H groups in total. The van der Waals surface area contributed by atoms with Gasteiger partial charge < -0.3 is 10.1 Å². The highest BCUT2D eigenvalue weighted by atomic mass is 35.5.